The first-order valence-electron chi connectivity index (χ1n) is 6.36. The zero-order chi connectivity index (χ0) is 14.1. The Morgan fingerprint density at radius 1 is 1.53 bits per heavy atom. The Kier molecular flexibility index (Phi) is 6.42. The number of urea groups is 1. The summed E-state index contributed by atoms with van der Waals surface area (Å²) in [6.07, 6.45) is 4.98. The van der Waals surface area contributed by atoms with Crippen LogP contribution in [0.25, 0.3) is 0 Å². The Morgan fingerprint density at radius 2 is 2.32 bits per heavy atom. The smallest absolute Gasteiger partial charge is 0.317 e. The van der Waals surface area contributed by atoms with Gasteiger partial charge in [0.15, 0.2) is 0 Å². The number of aromatic nitrogens is 2. The number of aryl methyl sites for hydroxylation is 1. The lowest BCUT2D eigenvalue weighted by Crippen LogP contribution is -2.41. The van der Waals surface area contributed by atoms with Crippen LogP contribution < -0.4 is 5.32 Å². The molecule has 0 aliphatic heterocycles. The molecule has 2 amide bonds. The summed E-state index contributed by atoms with van der Waals surface area (Å²) in [5.41, 5.74) is 0. The molecule has 0 saturated heterocycles. The van der Waals surface area contributed by atoms with Crippen molar-refractivity contribution in [1.82, 2.24) is 20.2 Å². The summed E-state index contributed by atoms with van der Waals surface area (Å²) in [5, 5.41) is 11.4. The molecule has 0 aliphatic rings. The van der Waals surface area contributed by atoms with E-state index in [2.05, 4.69) is 15.3 Å². The average molecular weight is 268 g/mol. The summed E-state index contributed by atoms with van der Waals surface area (Å²) in [6, 6.07) is -0.219. The third kappa shape index (κ3) is 5.89. The Hall–Kier alpha value is -2.05. The molecule has 19 heavy (non-hydrogen) atoms. The topological polar surface area (TPSA) is 98.3 Å². The number of rotatable bonds is 8. The van der Waals surface area contributed by atoms with Crippen molar-refractivity contribution in [2.45, 2.75) is 26.2 Å². The normalized spacial score (nSPS) is 10.2. The molecule has 106 valence electrons. The number of amides is 2. The molecule has 7 nitrogen and oxygen atoms in total. The van der Waals surface area contributed by atoms with E-state index >= 15 is 0 Å². The SMILES string of the molecule is CCN(CCC(=O)O)C(=O)NCCCc1ncc[nH]1. The van der Waals surface area contributed by atoms with Gasteiger partial charge in [-0.2, -0.15) is 0 Å². The van der Waals surface area contributed by atoms with Crippen LogP contribution in [0.5, 0.6) is 0 Å². The summed E-state index contributed by atoms with van der Waals surface area (Å²) < 4.78 is 0. The summed E-state index contributed by atoms with van der Waals surface area (Å²) >= 11 is 0. The van der Waals surface area contributed by atoms with Crippen molar-refractivity contribution in [1.29, 1.82) is 0 Å². The average Bonchev–Trinajstić information content (AvgIpc) is 2.88. The van der Waals surface area contributed by atoms with Crippen LogP contribution in [0.4, 0.5) is 4.79 Å². The van der Waals surface area contributed by atoms with Gasteiger partial charge >= 0.3 is 12.0 Å². The number of carboxylic acid groups (broad SMARTS) is 1. The molecule has 7 heteroatoms. The third-order valence-electron chi connectivity index (χ3n) is 2.69. The molecule has 0 unspecified atom stereocenters. The van der Waals surface area contributed by atoms with Gasteiger partial charge in [0.05, 0.1) is 6.42 Å². The van der Waals surface area contributed by atoms with Crippen molar-refractivity contribution in [3.63, 3.8) is 0 Å². The van der Waals surface area contributed by atoms with E-state index in [9.17, 15) is 9.59 Å². The molecule has 0 radical (unpaired) electrons. The number of hydrogen-bond acceptors (Lipinski definition) is 3. The van der Waals surface area contributed by atoms with Crippen molar-refractivity contribution in [2.75, 3.05) is 19.6 Å². The van der Waals surface area contributed by atoms with Crippen LogP contribution >= 0.6 is 0 Å². The zero-order valence-electron chi connectivity index (χ0n) is 11.1. The number of H-pyrrole nitrogens is 1. The predicted molar refractivity (Wildman–Crippen MR) is 69.8 cm³/mol. The maximum Gasteiger partial charge on any atom is 0.317 e. The standard InChI is InChI=1S/C12H20N4O3/c1-2-16(9-5-11(17)18)12(19)15-6-3-4-10-13-7-8-14-10/h7-8H,2-6,9H2,1H3,(H,13,14)(H,15,19)(H,17,18). The largest absolute Gasteiger partial charge is 0.481 e. The van der Waals surface area contributed by atoms with Crippen LogP contribution in [-0.4, -0.2) is 51.6 Å². The van der Waals surface area contributed by atoms with Gasteiger partial charge in [-0.05, 0) is 13.3 Å². The second-order valence-corrected chi connectivity index (χ2v) is 4.09. The van der Waals surface area contributed by atoms with Crippen molar-refractivity contribution < 1.29 is 14.7 Å². The molecule has 0 bridgehead atoms. The molecular weight excluding hydrogens is 248 g/mol. The minimum Gasteiger partial charge on any atom is -0.481 e. The van der Waals surface area contributed by atoms with E-state index in [1.54, 1.807) is 12.4 Å². The van der Waals surface area contributed by atoms with Crippen LogP contribution in [0, 0.1) is 0 Å². The Labute approximate surface area is 112 Å². The van der Waals surface area contributed by atoms with Crippen LogP contribution in [0.15, 0.2) is 12.4 Å². The first kappa shape index (κ1) is 15.0. The van der Waals surface area contributed by atoms with Crippen LogP contribution in [0.3, 0.4) is 0 Å². The second kappa shape index (κ2) is 8.12. The molecule has 0 atom stereocenters. The predicted octanol–water partition coefficient (Wildman–Crippen LogP) is 0.848. The van der Waals surface area contributed by atoms with E-state index in [1.807, 2.05) is 6.92 Å². The number of aliphatic carboxylic acids is 1. The van der Waals surface area contributed by atoms with Gasteiger partial charge in [-0.3, -0.25) is 4.79 Å². The van der Waals surface area contributed by atoms with Crippen molar-refractivity contribution >= 4 is 12.0 Å². The lowest BCUT2D eigenvalue weighted by atomic mass is 10.3. The molecule has 1 aromatic rings. The number of carboxylic acids is 1. The quantitative estimate of drug-likeness (QED) is 0.609. The molecule has 0 spiro atoms. The Balaban J connectivity index is 2.19. The van der Waals surface area contributed by atoms with E-state index in [4.69, 9.17) is 5.11 Å². The number of carbonyl (C=O) groups excluding carboxylic acids is 1. The fraction of sp³-hybridized carbons (Fsp3) is 0.583. The molecule has 3 N–H and O–H groups in total. The maximum absolute atomic E-state index is 11.7. The number of hydrogen-bond donors (Lipinski definition) is 3. The van der Waals surface area contributed by atoms with E-state index in [-0.39, 0.29) is 19.0 Å². The van der Waals surface area contributed by atoms with Crippen molar-refractivity contribution in [2.24, 2.45) is 0 Å². The van der Waals surface area contributed by atoms with Crippen molar-refractivity contribution in [3.05, 3.63) is 18.2 Å². The number of nitrogens with one attached hydrogen (secondary N) is 2. The fourth-order valence-electron chi connectivity index (χ4n) is 1.63. The first-order chi connectivity index (χ1) is 9.13. The number of imidazole rings is 1. The molecule has 0 aliphatic carbocycles. The van der Waals surface area contributed by atoms with E-state index in [0.717, 1.165) is 18.7 Å². The van der Waals surface area contributed by atoms with Gasteiger partial charge in [0.1, 0.15) is 5.82 Å². The molecule has 0 fully saturated rings. The zero-order valence-corrected chi connectivity index (χ0v) is 11.1. The molecule has 1 aromatic heterocycles. The summed E-state index contributed by atoms with van der Waals surface area (Å²) in [7, 11) is 0. The van der Waals surface area contributed by atoms with E-state index < -0.39 is 5.97 Å². The first-order valence-corrected chi connectivity index (χ1v) is 6.36. The fourth-order valence-corrected chi connectivity index (χ4v) is 1.63. The van der Waals surface area contributed by atoms with Gasteiger partial charge < -0.3 is 20.3 Å². The second-order valence-electron chi connectivity index (χ2n) is 4.09. The van der Waals surface area contributed by atoms with Crippen molar-refractivity contribution in [3.8, 4) is 0 Å². The molecule has 1 heterocycles. The van der Waals surface area contributed by atoms with Gasteiger partial charge in [0.2, 0.25) is 0 Å². The number of aromatic amines is 1. The lowest BCUT2D eigenvalue weighted by Gasteiger charge is -2.20. The van der Waals surface area contributed by atoms with Crippen LogP contribution in [-0.2, 0) is 11.2 Å². The van der Waals surface area contributed by atoms with E-state index in [0.29, 0.717) is 13.1 Å². The van der Waals surface area contributed by atoms with Crippen LogP contribution in [0.1, 0.15) is 25.6 Å². The number of nitrogens with zero attached hydrogens (tertiary/aromatic N) is 2. The van der Waals surface area contributed by atoms with Gasteiger partial charge in [0, 0.05) is 38.4 Å². The Bertz CT molecular complexity index is 392. The molecular formula is C12H20N4O3. The highest BCUT2D eigenvalue weighted by atomic mass is 16.4. The minimum atomic E-state index is -0.899. The summed E-state index contributed by atoms with van der Waals surface area (Å²) in [5.74, 6) is -0.00320. The van der Waals surface area contributed by atoms with Gasteiger partial charge in [-0.15, -0.1) is 0 Å². The molecule has 0 saturated carbocycles. The Morgan fingerprint density at radius 3 is 2.89 bits per heavy atom. The maximum atomic E-state index is 11.7. The highest BCUT2D eigenvalue weighted by molar-refractivity contribution is 5.75. The van der Waals surface area contributed by atoms with Gasteiger partial charge in [0.25, 0.3) is 0 Å². The lowest BCUT2D eigenvalue weighted by molar-refractivity contribution is -0.137. The monoisotopic (exact) mass is 268 g/mol. The van der Waals surface area contributed by atoms with Crippen LogP contribution in [0.2, 0.25) is 0 Å². The summed E-state index contributed by atoms with van der Waals surface area (Å²) in [4.78, 5) is 30.8. The highest BCUT2D eigenvalue weighted by Gasteiger charge is 2.11. The summed E-state index contributed by atoms with van der Waals surface area (Å²) in [6.45, 7) is 3.10. The van der Waals surface area contributed by atoms with Gasteiger partial charge in [-0.25, -0.2) is 9.78 Å². The number of carbonyl (C=O) groups is 2. The minimum absolute atomic E-state index is 0.0341. The van der Waals surface area contributed by atoms with E-state index in [1.165, 1.54) is 4.90 Å². The highest BCUT2D eigenvalue weighted by Crippen LogP contribution is 1.96. The molecule has 0 aromatic carbocycles. The third-order valence-corrected chi connectivity index (χ3v) is 2.69. The van der Waals surface area contributed by atoms with Gasteiger partial charge in [-0.1, -0.05) is 0 Å². The molecule has 1 rings (SSSR count).